The molecule has 0 aromatic carbocycles. The molecule has 0 aliphatic carbocycles. The van der Waals surface area contributed by atoms with E-state index in [1.165, 1.54) is 141 Å². The Morgan fingerprint density at radius 3 is 0.962 bits per heavy atom. The Bertz CT molecular complexity index is 232. The van der Waals surface area contributed by atoms with Crippen molar-refractivity contribution in [3.8, 4) is 0 Å². The van der Waals surface area contributed by atoms with Gasteiger partial charge in [0.15, 0.2) is 0 Å². The van der Waals surface area contributed by atoms with Gasteiger partial charge >= 0.3 is 0 Å². The van der Waals surface area contributed by atoms with E-state index in [9.17, 15) is 0 Å². The molecule has 26 heavy (non-hydrogen) atoms. The fourth-order valence-electron chi connectivity index (χ4n) is 4.03. The van der Waals surface area contributed by atoms with Gasteiger partial charge in [-0.15, -0.1) is 0 Å². The van der Waals surface area contributed by atoms with Gasteiger partial charge in [0, 0.05) is 0 Å². The normalized spacial score (nSPS) is 11.5. The molecule has 0 saturated heterocycles. The van der Waals surface area contributed by atoms with Crippen LogP contribution in [0.2, 0.25) is 0 Å². The van der Waals surface area contributed by atoms with E-state index in [0.717, 1.165) is 0 Å². The molecule has 0 aliphatic rings. The molecule has 0 atom stereocenters. The summed E-state index contributed by atoms with van der Waals surface area (Å²) in [5.74, 6) is 1.84. The number of hydrogen-bond donors (Lipinski definition) is 0. The largest absolute Gasteiger partial charge is 0.0654 e. The lowest BCUT2D eigenvalue weighted by atomic mass is 9.92. The van der Waals surface area contributed by atoms with Crippen LogP contribution < -0.4 is 0 Å². The quantitative estimate of drug-likeness (QED) is 0.167. The minimum absolute atomic E-state index is 1.32. The van der Waals surface area contributed by atoms with Crippen molar-refractivity contribution < 1.29 is 0 Å². The lowest BCUT2D eigenvalue weighted by Gasteiger charge is -2.13. The monoisotopic (exact) mass is 365 g/mol. The first kappa shape index (κ1) is 26.0. The molecule has 0 aromatic heterocycles. The molecule has 0 aromatic rings. The van der Waals surface area contributed by atoms with Gasteiger partial charge in [-0.1, -0.05) is 143 Å². The van der Waals surface area contributed by atoms with E-state index >= 15 is 0 Å². The Labute approximate surface area is 168 Å². The second-order valence-electron chi connectivity index (χ2n) is 8.61. The van der Waals surface area contributed by atoms with Crippen LogP contribution >= 0.6 is 0 Å². The summed E-state index contributed by atoms with van der Waals surface area (Å²) in [6.45, 7) is 6.96. The van der Waals surface area contributed by atoms with Crippen molar-refractivity contribution in [1.29, 1.82) is 0 Å². The molecule has 0 saturated carbocycles. The zero-order chi connectivity index (χ0) is 19.1. The van der Waals surface area contributed by atoms with Gasteiger partial charge < -0.3 is 0 Å². The molecule has 0 amide bonds. The maximum absolute atomic E-state index is 2.35. The van der Waals surface area contributed by atoms with Crippen molar-refractivity contribution in [3.63, 3.8) is 0 Å². The van der Waals surface area contributed by atoms with Gasteiger partial charge in [-0.05, 0) is 25.2 Å². The third kappa shape index (κ3) is 20.3. The maximum Gasteiger partial charge on any atom is -0.0244 e. The van der Waals surface area contributed by atoms with Crippen LogP contribution in [0.15, 0.2) is 0 Å². The van der Waals surface area contributed by atoms with Crippen LogP contribution in [0.4, 0.5) is 0 Å². The predicted octanol–water partition coefficient (Wildman–Crippen LogP) is 10.2. The average molecular weight is 366 g/mol. The molecule has 0 unspecified atom stereocenters. The first-order chi connectivity index (χ1) is 12.8. The molecule has 0 spiro atoms. The fourth-order valence-corrected chi connectivity index (χ4v) is 4.03. The maximum atomic E-state index is 2.35. The molecule has 0 rings (SSSR count). The molecule has 0 aliphatic heterocycles. The van der Waals surface area contributed by atoms with Gasteiger partial charge in [0.25, 0.3) is 0 Å². The van der Waals surface area contributed by atoms with Crippen LogP contribution in [-0.2, 0) is 0 Å². The Balaban J connectivity index is 3.14. The molecule has 157 valence electrons. The highest BCUT2D eigenvalue weighted by Gasteiger charge is 2.06. The van der Waals surface area contributed by atoms with E-state index in [4.69, 9.17) is 0 Å². The molecule has 1 radical (unpaired) electrons. The molecule has 0 N–H and O–H groups in total. The van der Waals surface area contributed by atoms with Gasteiger partial charge in [0.1, 0.15) is 0 Å². The van der Waals surface area contributed by atoms with E-state index in [-0.39, 0.29) is 0 Å². The van der Waals surface area contributed by atoms with E-state index in [1.807, 2.05) is 5.92 Å². The summed E-state index contributed by atoms with van der Waals surface area (Å²) >= 11 is 0. The summed E-state index contributed by atoms with van der Waals surface area (Å²) in [6, 6.07) is 0. The van der Waals surface area contributed by atoms with Crippen LogP contribution in [0.5, 0.6) is 0 Å². The smallest absolute Gasteiger partial charge is 0.0244 e. The minimum Gasteiger partial charge on any atom is -0.0654 e. The predicted molar refractivity (Wildman–Crippen MR) is 122 cm³/mol. The van der Waals surface area contributed by atoms with Gasteiger partial charge in [-0.25, -0.2) is 0 Å². The highest BCUT2D eigenvalue weighted by molar-refractivity contribution is 4.87. The highest BCUT2D eigenvalue weighted by atomic mass is 14.1. The summed E-state index contributed by atoms with van der Waals surface area (Å²) in [5, 5.41) is 0. The Morgan fingerprint density at radius 1 is 0.346 bits per heavy atom. The van der Waals surface area contributed by atoms with Gasteiger partial charge in [0.05, 0.1) is 0 Å². The molecule has 0 heterocycles. The average Bonchev–Trinajstić information content (AvgIpc) is 2.66. The SMILES string of the molecule is CCCCCCCCCCCCCCCCCC[C](CC)CCCCC. The standard InChI is InChI=1S/C26H53/c1-4-7-9-10-11-12-13-14-15-16-17-18-19-20-21-23-25-26(6-3)24-22-8-5-2/h4-25H2,1-3H3. The lowest BCUT2D eigenvalue weighted by molar-refractivity contribution is 0.522. The Kier molecular flexibility index (Phi) is 23.0. The zero-order valence-electron chi connectivity index (χ0n) is 19.1. The summed E-state index contributed by atoms with van der Waals surface area (Å²) < 4.78 is 0. The van der Waals surface area contributed by atoms with E-state index in [0.29, 0.717) is 0 Å². The molecule has 0 fully saturated rings. The molecule has 0 bridgehead atoms. The first-order valence-electron chi connectivity index (χ1n) is 12.7. The van der Waals surface area contributed by atoms with E-state index in [1.54, 1.807) is 0 Å². The van der Waals surface area contributed by atoms with Crippen LogP contribution in [0.1, 0.15) is 162 Å². The Hall–Kier alpha value is 0. The minimum atomic E-state index is 1.32. The molecule has 0 heteroatoms. The van der Waals surface area contributed by atoms with Crippen LogP contribution in [0, 0.1) is 5.92 Å². The number of hydrogen-bond acceptors (Lipinski definition) is 0. The van der Waals surface area contributed by atoms with E-state index in [2.05, 4.69) is 20.8 Å². The van der Waals surface area contributed by atoms with Crippen LogP contribution in [-0.4, -0.2) is 0 Å². The summed E-state index contributed by atoms with van der Waals surface area (Å²) in [6.07, 6.45) is 31.9. The van der Waals surface area contributed by atoms with Crippen LogP contribution in [0.25, 0.3) is 0 Å². The van der Waals surface area contributed by atoms with Crippen molar-refractivity contribution in [1.82, 2.24) is 0 Å². The summed E-state index contributed by atoms with van der Waals surface area (Å²) in [4.78, 5) is 0. The van der Waals surface area contributed by atoms with Crippen molar-refractivity contribution in [2.45, 2.75) is 162 Å². The van der Waals surface area contributed by atoms with Crippen molar-refractivity contribution in [3.05, 3.63) is 5.92 Å². The van der Waals surface area contributed by atoms with Gasteiger partial charge in [-0.3, -0.25) is 0 Å². The lowest BCUT2D eigenvalue weighted by Crippen LogP contribution is -1.96. The molecule has 0 nitrogen and oxygen atoms in total. The summed E-state index contributed by atoms with van der Waals surface area (Å²) in [5.41, 5.74) is 0. The van der Waals surface area contributed by atoms with Crippen molar-refractivity contribution in [2.24, 2.45) is 0 Å². The Morgan fingerprint density at radius 2 is 0.615 bits per heavy atom. The highest BCUT2D eigenvalue weighted by Crippen LogP contribution is 2.23. The second-order valence-corrected chi connectivity index (χ2v) is 8.61. The number of rotatable bonds is 22. The van der Waals surface area contributed by atoms with Crippen LogP contribution in [0.3, 0.4) is 0 Å². The zero-order valence-corrected chi connectivity index (χ0v) is 19.1. The van der Waals surface area contributed by atoms with Gasteiger partial charge in [0.2, 0.25) is 0 Å². The van der Waals surface area contributed by atoms with Crippen molar-refractivity contribution in [2.75, 3.05) is 0 Å². The number of unbranched alkanes of at least 4 members (excludes halogenated alkanes) is 17. The third-order valence-corrected chi connectivity index (χ3v) is 6.02. The topological polar surface area (TPSA) is 0 Å². The third-order valence-electron chi connectivity index (χ3n) is 6.02. The first-order valence-corrected chi connectivity index (χ1v) is 12.7. The van der Waals surface area contributed by atoms with Gasteiger partial charge in [-0.2, -0.15) is 0 Å². The summed E-state index contributed by atoms with van der Waals surface area (Å²) in [7, 11) is 0. The molecular weight excluding hydrogens is 312 g/mol. The van der Waals surface area contributed by atoms with E-state index < -0.39 is 0 Å². The second kappa shape index (κ2) is 23.0. The van der Waals surface area contributed by atoms with Crippen molar-refractivity contribution >= 4 is 0 Å². The fraction of sp³-hybridized carbons (Fsp3) is 0.962. The molecular formula is C26H53.